The molecule has 7 nitrogen and oxygen atoms in total. The van der Waals surface area contributed by atoms with Crippen molar-refractivity contribution in [2.24, 2.45) is 4.74 Å². The molecule has 0 aromatic heterocycles. The SMILES string of the molecule is CCCCCC(O)[C@](CCCCC)(/N=[P+](\[O-])CC(O)CO)C(=O)O. The van der Waals surface area contributed by atoms with Gasteiger partial charge in [0.25, 0.3) is 0 Å². The fourth-order valence-electron chi connectivity index (χ4n) is 2.52. The van der Waals surface area contributed by atoms with Crippen molar-refractivity contribution in [3.8, 4) is 0 Å². The van der Waals surface area contributed by atoms with Crippen LogP contribution < -0.4 is 4.89 Å². The van der Waals surface area contributed by atoms with E-state index >= 15 is 0 Å². The Labute approximate surface area is 145 Å². The van der Waals surface area contributed by atoms with Gasteiger partial charge in [-0.1, -0.05) is 57.1 Å². The zero-order chi connectivity index (χ0) is 18.6. The monoisotopic (exact) mass is 365 g/mol. The number of hydrogen-bond acceptors (Lipinski definition) is 6. The first-order chi connectivity index (χ1) is 11.3. The maximum absolute atomic E-state index is 12.1. The molecule has 0 heterocycles. The molecule has 0 saturated carbocycles. The number of carboxylic acids is 1. The molecule has 0 spiro atoms. The van der Waals surface area contributed by atoms with Crippen molar-refractivity contribution in [1.82, 2.24) is 0 Å². The van der Waals surface area contributed by atoms with E-state index in [2.05, 4.69) is 4.74 Å². The minimum atomic E-state index is -2.39. The Bertz CT molecular complexity index is 393. The maximum atomic E-state index is 12.1. The van der Waals surface area contributed by atoms with Gasteiger partial charge < -0.3 is 25.3 Å². The third-order valence-electron chi connectivity index (χ3n) is 4.03. The number of carbonyl (C=O) groups is 1. The van der Waals surface area contributed by atoms with E-state index in [1.807, 2.05) is 13.8 Å². The number of aliphatic carboxylic acids is 1. The van der Waals surface area contributed by atoms with Crippen LogP contribution in [0.3, 0.4) is 0 Å². The normalized spacial score (nSPS) is 17.3. The van der Waals surface area contributed by atoms with Gasteiger partial charge in [0.2, 0.25) is 5.54 Å². The van der Waals surface area contributed by atoms with Gasteiger partial charge in [0.15, 0.2) is 14.1 Å². The second-order valence-corrected chi connectivity index (χ2v) is 7.44. The minimum absolute atomic E-state index is 0.111. The Kier molecular flexibility index (Phi) is 12.4. The zero-order valence-corrected chi connectivity index (χ0v) is 15.6. The van der Waals surface area contributed by atoms with E-state index in [4.69, 9.17) is 5.11 Å². The van der Waals surface area contributed by atoms with Crippen molar-refractivity contribution in [2.45, 2.75) is 83.0 Å². The standard InChI is InChI=1S/C16H32NO6P/c1-3-5-7-9-14(20)16(15(21)22,10-8-6-4-2)17-24(23)12-13(19)11-18/h13-14,18-20H,3-12H2,1-2H3,(H,21,22)/t13?,14?,16-/m0/s1. The van der Waals surface area contributed by atoms with Crippen molar-refractivity contribution in [2.75, 3.05) is 12.8 Å². The van der Waals surface area contributed by atoms with E-state index in [0.29, 0.717) is 12.8 Å². The molecule has 0 rings (SSSR count). The third kappa shape index (κ3) is 7.99. The Morgan fingerprint density at radius 1 is 1.17 bits per heavy atom. The number of rotatable bonds is 14. The summed E-state index contributed by atoms with van der Waals surface area (Å²) in [5.74, 6) is -1.29. The number of hydrogen-bond donors (Lipinski definition) is 4. The Morgan fingerprint density at radius 3 is 2.25 bits per heavy atom. The lowest BCUT2D eigenvalue weighted by atomic mass is 9.85. The molecule has 0 aliphatic rings. The fraction of sp³-hybridized carbons (Fsp3) is 0.938. The van der Waals surface area contributed by atoms with Crippen molar-refractivity contribution in [1.29, 1.82) is 0 Å². The van der Waals surface area contributed by atoms with E-state index in [-0.39, 0.29) is 19.0 Å². The molecule has 4 atom stereocenters. The second kappa shape index (κ2) is 12.7. The molecule has 0 aliphatic carbocycles. The largest absolute Gasteiger partial charge is 0.612 e. The molecule has 0 radical (unpaired) electrons. The van der Waals surface area contributed by atoms with E-state index in [1.165, 1.54) is 0 Å². The van der Waals surface area contributed by atoms with Crippen LogP contribution in [0.2, 0.25) is 0 Å². The molecule has 142 valence electrons. The number of nitrogens with zero attached hydrogens (tertiary/aromatic N) is 1. The summed E-state index contributed by atoms with van der Waals surface area (Å²) in [6, 6.07) is 0. The van der Waals surface area contributed by atoms with Gasteiger partial charge in [-0.3, -0.25) is 0 Å². The number of aliphatic hydroxyl groups excluding tert-OH is 3. The van der Waals surface area contributed by atoms with Crippen LogP contribution in [-0.2, 0) is 4.79 Å². The molecule has 0 aromatic carbocycles. The summed E-state index contributed by atoms with van der Waals surface area (Å²) in [6.45, 7) is 3.43. The lowest BCUT2D eigenvalue weighted by molar-refractivity contribution is -0.161. The van der Waals surface area contributed by atoms with Crippen LogP contribution in [0.5, 0.6) is 0 Å². The van der Waals surface area contributed by atoms with E-state index in [0.717, 1.165) is 25.7 Å². The Hall–Kier alpha value is -0.590. The van der Waals surface area contributed by atoms with E-state index in [1.54, 1.807) is 0 Å². The van der Waals surface area contributed by atoms with Crippen molar-refractivity contribution < 1.29 is 30.1 Å². The molecule has 4 N–H and O–H groups in total. The molecule has 0 saturated heterocycles. The van der Waals surface area contributed by atoms with Crippen LogP contribution >= 0.6 is 7.94 Å². The highest BCUT2D eigenvalue weighted by Gasteiger charge is 2.47. The smallest absolute Gasteiger partial charge is 0.338 e. The van der Waals surface area contributed by atoms with Crippen LogP contribution in [0.1, 0.15) is 65.2 Å². The van der Waals surface area contributed by atoms with Gasteiger partial charge in [0.05, 0.1) is 12.7 Å². The van der Waals surface area contributed by atoms with Gasteiger partial charge in [-0.25, -0.2) is 4.79 Å². The summed E-state index contributed by atoms with van der Waals surface area (Å²) < 4.78 is 3.93. The van der Waals surface area contributed by atoms with Gasteiger partial charge >= 0.3 is 5.97 Å². The average molecular weight is 365 g/mol. The topological polar surface area (TPSA) is 133 Å². The van der Waals surface area contributed by atoms with Crippen LogP contribution in [-0.4, -0.2) is 56.9 Å². The van der Waals surface area contributed by atoms with Gasteiger partial charge in [0, 0.05) is 0 Å². The van der Waals surface area contributed by atoms with Crippen LogP contribution in [0, 0.1) is 0 Å². The van der Waals surface area contributed by atoms with Crippen molar-refractivity contribution in [3.63, 3.8) is 0 Å². The van der Waals surface area contributed by atoms with Gasteiger partial charge in [-0.2, -0.15) is 0 Å². The molecule has 0 amide bonds. The summed E-state index contributed by atoms with van der Waals surface area (Å²) in [6.07, 6.45) is 2.37. The quantitative estimate of drug-likeness (QED) is 0.273. The predicted molar refractivity (Wildman–Crippen MR) is 92.0 cm³/mol. The highest BCUT2D eigenvalue weighted by Crippen LogP contribution is 2.34. The molecule has 0 aromatic rings. The lowest BCUT2D eigenvalue weighted by Crippen LogP contribution is -2.48. The molecule has 0 bridgehead atoms. The first kappa shape index (κ1) is 23.4. The maximum Gasteiger partial charge on any atom is 0.338 e. The molecular formula is C16H32NO6P. The lowest BCUT2D eigenvalue weighted by Gasteiger charge is -2.28. The van der Waals surface area contributed by atoms with Crippen LogP contribution in [0.25, 0.3) is 0 Å². The van der Waals surface area contributed by atoms with Crippen LogP contribution in [0.15, 0.2) is 4.74 Å². The van der Waals surface area contributed by atoms with Gasteiger partial charge in [0.1, 0.15) is 6.10 Å². The molecule has 3 unspecified atom stereocenters. The summed E-state index contributed by atoms with van der Waals surface area (Å²) in [4.78, 5) is 24.0. The average Bonchev–Trinajstić information content (AvgIpc) is 2.53. The van der Waals surface area contributed by atoms with Crippen LogP contribution in [0.4, 0.5) is 0 Å². The molecule has 0 aliphatic heterocycles. The van der Waals surface area contributed by atoms with E-state index < -0.39 is 38.3 Å². The summed E-state index contributed by atoms with van der Waals surface area (Å²) in [5.41, 5.74) is -1.81. The summed E-state index contributed by atoms with van der Waals surface area (Å²) >= 11 is 0. The first-order valence-electron chi connectivity index (χ1n) is 8.71. The minimum Gasteiger partial charge on any atom is -0.612 e. The third-order valence-corrected chi connectivity index (χ3v) is 5.35. The zero-order valence-electron chi connectivity index (χ0n) is 14.7. The molecule has 24 heavy (non-hydrogen) atoms. The highest BCUT2D eigenvalue weighted by molar-refractivity contribution is 7.39. The molecular weight excluding hydrogens is 333 g/mol. The Balaban J connectivity index is 5.40. The molecule has 0 fully saturated rings. The van der Waals surface area contributed by atoms with Crippen molar-refractivity contribution in [3.05, 3.63) is 0 Å². The highest BCUT2D eigenvalue weighted by atomic mass is 31.1. The van der Waals surface area contributed by atoms with Crippen molar-refractivity contribution >= 4 is 13.9 Å². The van der Waals surface area contributed by atoms with E-state index in [9.17, 15) is 25.0 Å². The number of unbranched alkanes of at least 4 members (excludes halogenated alkanes) is 4. The number of aliphatic hydroxyl groups is 3. The predicted octanol–water partition coefficient (Wildman–Crippen LogP) is 1.63. The summed E-state index contributed by atoms with van der Waals surface area (Å²) in [5, 5.41) is 38.4. The fourth-order valence-corrected chi connectivity index (χ4v) is 3.80. The second-order valence-electron chi connectivity index (χ2n) is 6.17. The Morgan fingerprint density at radius 2 is 1.75 bits per heavy atom. The first-order valence-corrected chi connectivity index (χ1v) is 10.1. The summed E-state index contributed by atoms with van der Waals surface area (Å²) in [7, 11) is -2.39. The van der Waals surface area contributed by atoms with Gasteiger partial charge in [-0.05, 0) is 12.8 Å². The molecule has 8 heteroatoms. The number of carboxylic acid groups (broad SMARTS) is 1. The van der Waals surface area contributed by atoms with Gasteiger partial charge in [-0.15, -0.1) is 0 Å².